The Balaban J connectivity index is 1.42. The zero-order valence-corrected chi connectivity index (χ0v) is 24.8. The van der Waals surface area contributed by atoms with Crippen LogP contribution in [0.2, 0.25) is 0 Å². The molecule has 43 heavy (non-hydrogen) atoms. The zero-order chi connectivity index (χ0) is 29.7. The fourth-order valence-electron chi connectivity index (χ4n) is 7.06. The molecule has 1 unspecified atom stereocenters. The molecule has 7 rings (SSSR count). The molecule has 2 saturated heterocycles. The lowest BCUT2D eigenvalue weighted by atomic mass is 9.94. The van der Waals surface area contributed by atoms with Crippen LogP contribution in [-0.2, 0) is 6.42 Å². The molecule has 9 heteroatoms. The summed E-state index contributed by atoms with van der Waals surface area (Å²) in [6, 6.07) is 8.53. The van der Waals surface area contributed by atoms with E-state index >= 15 is 8.78 Å². The van der Waals surface area contributed by atoms with Crippen LogP contribution < -0.4 is 19.7 Å². The van der Waals surface area contributed by atoms with Gasteiger partial charge in [-0.1, -0.05) is 25.8 Å². The summed E-state index contributed by atoms with van der Waals surface area (Å²) in [6.45, 7) is 6.65. The van der Waals surface area contributed by atoms with E-state index in [0.717, 1.165) is 57.3 Å². The van der Waals surface area contributed by atoms with Crippen molar-refractivity contribution in [1.29, 1.82) is 0 Å². The van der Waals surface area contributed by atoms with Crippen LogP contribution in [0.1, 0.15) is 57.9 Å². The number of benzene rings is 2. The van der Waals surface area contributed by atoms with Crippen molar-refractivity contribution in [2.45, 2.75) is 70.9 Å². The molecule has 5 heterocycles. The molecule has 7 nitrogen and oxygen atoms in total. The highest BCUT2D eigenvalue weighted by molar-refractivity contribution is 6.04. The summed E-state index contributed by atoms with van der Waals surface area (Å²) >= 11 is 0. The second kappa shape index (κ2) is 11.4. The number of phenolic OH excluding ortho intramolecular Hbond substituents is 1. The van der Waals surface area contributed by atoms with Crippen molar-refractivity contribution >= 4 is 27.4 Å². The summed E-state index contributed by atoms with van der Waals surface area (Å²) in [5, 5.41) is 15.8. The van der Waals surface area contributed by atoms with Crippen molar-refractivity contribution in [3.05, 3.63) is 47.5 Å². The first-order chi connectivity index (χ1) is 20.9. The van der Waals surface area contributed by atoms with Crippen LogP contribution in [0.5, 0.6) is 17.5 Å². The Bertz CT molecular complexity index is 1690. The van der Waals surface area contributed by atoms with Gasteiger partial charge in [0.2, 0.25) is 11.8 Å². The fourth-order valence-corrected chi connectivity index (χ4v) is 7.06. The largest absolute Gasteiger partial charge is 0.508 e. The molecule has 2 N–H and O–H groups in total. The summed E-state index contributed by atoms with van der Waals surface area (Å²) < 4.78 is 44.5. The van der Waals surface area contributed by atoms with Crippen LogP contribution in [0.3, 0.4) is 0 Å². The van der Waals surface area contributed by atoms with Gasteiger partial charge in [0.1, 0.15) is 29.4 Å². The van der Waals surface area contributed by atoms with Gasteiger partial charge >= 0.3 is 0 Å². The Morgan fingerprint density at radius 1 is 1.07 bits per heavy atom. The molecule has 0 spiro atoms. The number of pyridine rings is 2. The predicted molar refractivity (Wildman–Crippen MR) is 164 cm³/mol. The average molecular weight is 589 g/mol. The highest BCUT2D eigenvalue weighted by Gasteiger charge is 2.32. The first kappa shape index (κ1) is 28.1. The third-order valence-corrected chi connectivity index (χ3v) is 9.41. The van der Waals surface area contributed by atoms with Gasteiger partial charge in [-0.3, -0.25) is 0 Å². The number of nitrogens with one attached hydrogen (secondary N) is 1. The van der Waals surface area contributed by atoms with Crippen molar-refractivity contribution in [1.82, 2.24) is 15.3 Å². The van der Waals surface area contributed by atoms with Crippen molar-refractivity contribution in [3.63, 3.8) is 0 Å². The first-order valence-electron chi connectivity index (χ1n) is 15.7. The number of aryl methyl sites for hydroxylation is 1. The molecular formula is C34H38F2N4O3. The van der Waals surface area contributed by atoms with Crippen LogP contribution in [0, 0.1) is 17.6 Å². The van der Waals surface area contributed by atoms with E-state index in [9.17, 15) is 5.11 Å². The number of phenols is 1. The fraction of sp³-hybridized carbons (Fsp3) is 0.471. The summed E-state index contributed by atoms with van der Waals surface area (Å²) in [4.78, 5) is 11.8. The van der Waals surface area contributed by atoms with Crippen LogP contribution in [0.4, 0.5) is 14.5 Å². The average Bonchev–Trinajstić information content (AvgIpc) is 3.33. The molecule has 3 atom stereocenters. The maximum absolute atomic E-state index is 16.9. The quantitative estimate of drug-likeness (QED) is 0.262. The number of ether oxygens (including phenoxy) is 2. The van der Waals surface area contributed by atoms with Gasteiger partial charge in [0.05, 0.1) is 23.7 Å². The normalized spacial score (nSPS) is 22.1. The smallest absolute Gasteiger partial charge is 0.225 e. The van der Waals surface area contributed by atoms with E-state index in [1.807, 2.05) is 13.0 Å². The number of anilines is 1. The van der Waals surface area contributed by atoms with Gasteiger partial charge in [0.25, 0.3) is 0 Å². The minimum Gasteiger partial charge on any atom is -0.508 e. The van der Waals surface area contributed by atoms with E-state index in [-0.39, 0.29) is 28.8 Å². The predicted octanol–water partition coefficient (Wildman–Crippen LogP) is 6.90. The zero-order valence-electron chi connectivity index (χ0n) is 24.8. The summed E-state index contributed by atoms with van der Waals surface area (Å²) in [5.74, 6) is -0.0730. The molecule has 2 fully saturated rings. The number of fused-ring (bicyclic) bond motifs is 3. The Labute approximate surface area is 250 Å². The highest BCUT2D eigenvalue weighted by atomic mass is 19.1. The number of aromatic hydroxyl groups is 1. The van der Waals surface area contributed by atoms with Gasteiger partial charge in [0, 0.05) is 36.7 Å². The van der Waals surface area contributed by atoms with E-state index < -0.39 is 5.82 Å². The summed E-state index contributed by atoms with van der Waals surface area (Å²) in [7, 11) is 0. The molecule has 0 radical (unpaired) electrons. The van der Waals surface area contributed by atoms with E-state index in [4.69, 9.17) is 19.4 Å². The summed E-state index contributed by atoms with van der Waals surface area (Å²) in [6.07, 6.45) is 6.77. The van der Waals surface area contributed by atoms with Crippen molar-refractivity contribution in [3.8, 4) is 28.8 Å². The third kappa shape index (κ3) is 5.11. The van der Waals surface area contributed by atoms with E-state index in [1.54, 1.807) is 12.1 Å². The second-order valence-corrected chi connectivity index (χ2v) is 12.3. The Hall–Kier alpha value is -3.72. The van der Waals surface area contributed by atoms with E-state index in [2.05, 4.69) is 17.1 Å². The molecular weight excluding hydrogens is 550 g/mol. The number of nitrogens with zero attached hydrogens (tertiary/aromatic N) is 3. The molecule has 2 aromatic heterocycles. The Morgan fingerprint density at radius 3 is 2.77 bits per heavy atom. The lowest BCUT2D eigenvalue weighted by Gasteiger charge is -2.30. The molecule has 3 aliphatic heterocycles. The molecule has 2 aromatic carbocycles. The molecule has 0 saturated carbocycles. The first-order valence-corrected chi connectivity index (χ1v) is 15.7. The third-order valence-electron chi connectivity index (χ3n) is 9.41. The number of piperidine rings is 1. The van der Waals surface area contributed by atoms with Gasteiger partial charge in [-0.05, 0) is 73.6 Å². The highest BCUT2D eigenvalue weighted by Crippen LogP contribution is 2.45. The van der Waals surface area contributed by atoms with E-state index in [0.29, 0.717) is 70.6 Å². The van der Waals surface area contributed by atoms with Gasteiger partial charge in [-0.15, -0.1) is 0 Å². The number of rotatable bonds is 5. The Morgan fingerprint density at radius 2 is 1.95 bits per heavy atom. The number of hydrogen-bond donors (Lipinski definition) is 2. The van der Waals surface area contributed by atoms with E-state index in [1.165, 1.54) is 12.1 Å². The molecule has 0 bridgehead atoms. The van der Waals surface area contributed by atoms with Crippen LogP contribution >= 0.6 is 0 Å². The second-order valence-electron chi connectivity index (χ2n) is 12.3. The maximum atomic E-state index is 16.9. The lowest BCUT2D eigenvalue weighted by molar-refractivity contribution is 0.199. The minimum atomic E-state index is -0.645. The Kier molecular flexibility index (Phi) is 7.45. The lowest BCUT2D eigenvalue weighted by Crippen LogP contribution is -2.39. The van der Waals surface area contributed by atoms with Crippen molar-refractivity contribution < 1.29 is 23.4 Å². The molecule has 226 valence electrons. The van der Waals surface area contributed by atoms with Crippen molar-refractivity contribution in [2.75, 3.05) is 31.2 Å². The van der Waals surface area contributed by atoms with Crippen molar-refractivity contribution in [2.24, 2.45) is 5.92 Å². The monoisotopic (exact) mass is 588 g/mol. The maximum Gasteiger partial charge on any atom is 0.225 e. The van der Waals surface area contributed by atoms with Gasteiger partial charge in [0.15, 0.2) is 5.82 Å². The van der Waals surface area contributed by atoms with Crippen LogP contribution in [0.25, 0.3) is 32.9 Å². The number of aromatic nitrogens is 2. The van der Waals surface area contributed by atoms with Gasteiger partial charge < -0.3 is 24.8 Å². The van der Waals surface area contributed by atoms with Gasteiger partial charge in [-0.25, -0.2) is 18.7 Å². The standard InChI is InChI=1S/C34H38F2N4O3/c1-3-24-26(35)11-10-21-13-23(41)14-25(29(21)24)32-31(36)33-30-27(15-28(38-33)42-17-20-9-8-19(2)37-16-20)40-12-6-4-5-7-22(40)18-43-34(30)39-32/h10-11,13-15,19-20,22,37,41H,3-9,12,16-18H2,1-2H3/t19-,20+,22?/m0/s1. The summed E-state index contributed by atoms with van der Waals surface area (Å²) in [5.41, 5.74) is 1.66. The molecule has 3 aliphatic rings. The molecule has 0 amide bonds. The van der Waals surface area contributed by atoms with Crippen LogP contribution in [-0.4, -0.2) is 53.5 Å². The minimum absolute atomic E-state index is 0.0261. The number of hydrogen-bond acceptors (Lipinski definition) is 7. The topological polar surface area (TPSA) is 79.7 Å². The number of halogens is 2. The molecule has 0 aliphatic carbocycles. The SMILES string of the molecule is CCc1c(F)ccc2cc(O)cc(-c3nc4c5c(cc(OC[C@@H]6CC[C@H](C)NC6)nc5c3F)N3CCCCCC3CO4)c12. The molecule has 4 aromatic rings. The van der Waals surface area contributed by atoms with Gasteiger partial charge in [-0.2, -0.15) is 0 Å². The van der Waals surface area contributed by atoms with Crippen LogP contribution in [0.15, 0.2) is 30.3 Å².